The number of hydrogen-bond donors (Lipinski definition) is 2. The van der Waals surface area contributed by atoms with Gasteiger partial charge in [0.1, 0.15) is 0 Å². The van der Waals surface area contributed by atoms with E-state index in [1.807, 2.05) is 43.3 Å². The molecule has 7 heteroatoms. The van der Waals surface area contributed by atoms with E-state index >= 15 is 0 Å². The molecule has 0 atom stereocenters. The molecular formula is C21H27IN4O2. The van der Waals surface area contributed by atoms with E-state index in [0.29, 0.717) is 43.0 Å². The quantitative estimate of drug-likeness (QED) is 0.239. The molecule has 0 amide bonds. The van der Waals surface area contributed by atoms with Crippen molar-refractivity contribution in [2.45, 2.75) is 26.8 Å². The summed E-state index contributed by atoms with van der Waals surface area (Å²) in [6.45, 7) is 6.25. The van der Waals surface area contributed by atoms with Crippen LogP contribution in [0.2, 0.25) is 0 Å². The van der Waals surface area contributed by atoms with E-state index in [1.165, 1.54) is 0 Å². The standard InChI is InChI=1S/C21H26N4O2.HI/c1-4-13-24-21(22-6-3)25-16-17-10-9-14-23-20(17)27-19-12-8-7-11-18(19)26-15-5-2;/h1,7-12,14H,5-6,13,15-16H2,2-3H3,(H2,22,24,25);1H. The van der Waals surface area contributed by atoms with E-state index in [-0.39, 0.29) is 24.0 Å². The van der Waals surface area contributed by atoms with E-state index in [2.05, 4.69) is 33.5 Å². The van der Waals surface area contributed by atoms with Gasteiger partial charge in [-0.25, -0.2) is 9.98 Å². The smallest absolute Gasteiger partial charge is 0.224 e. The molecule has 0 saturated heterocycles. The zero-order valence-corrected chi connectivity index (χ0v) is 18.6. The van der Waals surface area contributed by atoms with Crippen LogP contribution >= 0.6 is 24.0 Å². The zero-order valence-electron chi connectivity index (χ0n) is 16.3. The Hall–Kier alpha value is -2.47. The van der Waals surface area contributed by atoms with Gasteiger partial charge >= 0.3 is 0 Å². The second-order valence-corrected chi connectivity index (χ2v) is 5.62. The van der Waals surface area contributed by atoms with E-state index in [0.717, 1.165) is 18.5 Å². The highest BCUT2D eigenvalue weighted by molar-refractivity contribution is 14.0. The Morgan fingerprint density at radius 2 is 1.93 bits per heavy atom. The van der Waals surface area contributed by atoms with E-state index in [1.54, 1.807) is 6.20 Å². The topological polar surface area (TPSA) is 67.8 Å². The number of pyridine rings is 1. The molecule has 2 rings (SSSR count). The molecular weight excluding hydrogens is 467 g/mol. The van der Waals surface area contributed by atoms with Crippen LogP contribution in [0.5, 0.6) is 17.4 Å². The number of ether oxygens (including phenoxy) is 2. The molecule has 0 saturated carbocycles. The minimum absolute atomic E-state index is 0. The van der Waals surface area contributed by atoms with Gasteiger partial charge in [0.25, 0.3) is 0 Å². The monoisotopic (exact) mass is 494 g/mol. The summed E-state index contributed by atoms with van der Waals surface area (Å²) < 4.78 is 11.8. The maximum absolute atomic E-state index is 6.03. The minimum Gasteiger partial charge on any atom is -0.490 e. The third-order valence-corrected chi connectivity index (χ3v) is 3.48. The number of benzene rings is 1. The van der Waals surface area contributed by atoms with Crippen LogP contribution in [-0.4, -0.2) is 30.6 Å². The Kier molecular flexibility index (Phi) is 11.5. The van der Waals surface area contributed by atoms with Gasteiger partial charge in [-0.2, -0.15) is 0 Å². The Morgan fingerprint density at radius 1 is 1.14 bits per heavy atom. The summed E-state index contributed by atoms with van der Waals surface area (Å²) in [5.74, 6) is 5.02. The number of para-hydroxylation sites is 2. The molecule has 2 aromatic rings. The van der Waals surface area contributed by atoms with Gasteiger partial charge in [-0.05, 0) is 31.5 Å². The Bertz CT molecular complexity index is 790. The summed E-state index contributed by atoms with van der Waals surface area (Å²) in [4.78, 5) is 8.90. The van der Waals surface area contributed by atoms with Gasteiger partial charge in [0.05, 0.1) is 19.7 Å². The summed E-state index contributed by atoms with van der Waals surface area (Å²) in [7, 11) is 0. The first-order valence-corrected chi connectivity index (χ1v) is 9.07. The molecule has 0 radical (unpaired) electrons. The fourth-order valence-corrected chi connectivity index (χ4v) is 2.25. The highest BCUT2D eigenvalue weighted by atomic mass is 127. The molecule has 0 spiro atoms. The van der Waals surface area contributed by atoms with E-state index in [4.69, 9.17) is 15.9 Å². The van der Waals surface area contributed by atoms with Crippen molar-refractivity contribution in [1.29, 1.82) is 0 Å². The lowest BCUT2D eigenvalue weighted by atomic mass is 10.2. The van der Waals surface area contributed by atoms with Gasteiger partial charge in [0, 0.05) is 18.3 Å². The minimum atomic E-state index is 0. The largest absolute Gasteiger partial charge is 0.490 e. The predicted octanol–water partition coefficient (Wildman–Crippen LogP) is 3.97. The SMILES string of the molecule is C#CCNC(=NCc1cccnc1Oc1ccccc1OCCC)NCC.I. The van der Waals surface area contributed by atoms with Crippen molar-refractivity contribution in [3.8, 4) is 29.7 Å². The third-order valence-electron chi connectivity index (χ3n) is 3.48. The van der Waals surface area contributed by atoms with Crippen molar-refractivity contribution in [2.75, 3.05) is 19.7 Å². The summed E-state index contributed by atoms with van der Waals surface area (Å²) in [6.07, 6.45) is 7.92. The predicted molar refractivity (Wildman–Crippen MR) is 124 cm³/mol. The van der Waals surface area contributed by atoms with Crippen LogP contribution in [0.1, 0.15) is 25.8 Å². The first kappa shape index (κ1) is 23.6. The normalized spacial score (nSPS) is 10.4. The van der Waals surface area contributed by atoms with Crippen LogP contribution in [0.25, 0.3) is 0 Å². The molecule has 0 aliphatic rings. The number of guanidine groups is 1. The fourth-order valence-electron chi connectivity index (χ4n) is 2.25. The average Bonchev–Trinajstić information content (AvgIpc) is 2.70. The highest BCUT2D eigenvalue weighted by Gasteiger charge is 2.10. The number of nitrogens with zero attached hydrogens (tertiary/aromatic N) is 2. The van der Waals surface area contributed by atoms with Crippen molar-refractivity contribution >= 4 is 29.9 Å². The van der Waals surface area contributed by atoms with Crippen LogP contribution < -0.4 is 20.1 Å². The molecule has 6 nitrogen and oxygen atoms in total. The first-order valence-electron chi connectivity index (χ1n) is 9.07. The maximum Gasteiger partial charge on any atom is 0.224 e. The summed E-state index contributed by atoms with van der Waals surface area (Å²) in [5.41, 5.74) is 0.862. The number of aromatic nitrogens is 1. The van der Waals surface area contributed by atoms with Crippen LogP contribution in [0.15, 0.2) is 47.6 Å². The summed E-state index contributed by atoms with van der Waals surface area (Å²) in [6, 6.07) is 11.4. The second kappa shape index (κ2) is 13.7. The van der Waals surface area contributed by atoms with E-state index in [9.17, 15) is 0 Å². The lowest BCUT2D eigenvalue weighted by molar-refractivity contribution is 0.300. The van der Waals surface area contributed by atoms with Crippen LogP contribution in [0.4, 0.5) is 0 Å². The van der Waals surface area contributed by atoms with Gasteiger partial charge in [-0.15, -0.1) is 30.4 Å². The molecule has 0 aliphatic carbocycles. The number of terminal acetylenes is 1. The van der Waals surface area contributed by atoms with Gasteiger partial charge in [0.15, 0.2) is 17.5 Å². The molecule has 28 heavy (non-hydrogen) atoms. The number of aliphatic imine (C=N–C) groups is 1. The van der Waals surface area contributed by atoms with Crippen LogP contribution in [-0.2, 0) is 6.54 Å². The molecule has 1 aromatic carbocycles. The number of halogens is 1. The maximum atomic E-state index is 6.03. The van der Waals surface area contributed by atoms with Crippen molar-refractivity contribution in [3.05, 3.63) is 48.2 Å². The van der Waals surface area contributed by atoms with E-state index < -0.39 is 0 Å². The number of hydrogen-bond acceptors (Lipinski definition) is 4. The molecule has 150 valence electrons. The van der Waals surface area contributed by atoms with Crippen molar-refractivity contribution in [3.63, 3.8) is 0 Å². The Morgan fingerprint density at radius 3 is 2.64 bits per heavy atom. The van der Waals surface area contributed by atoms with Gasteiger partial charge in [-0.1, -0.05) is 31.0 Å². The van der Waals surface area contributed by atoms with Crippen molar-refractivity contribution in [1.82, 2.24) is 15.6 Å². The Labute approximate surface area is 184 Å². The summed E-state index contributed by atoms with van der Waals surface area (Å²) >= 11 is 0. The van der Waals surface area contributed by atoms with Crippen molar-refractivity contribution in [2.24, 2.45) is 4.99 Å². The molecule has 0 aliphatic heterocycles. The summed E-state index contributed by atoms with van der Waals surface area (Å²) in [5, 5.41) is 6.21. The molecule has 0 bridgehead atoms. The van der Waals surface area contributed by atoms with Gasteiger partial charge < -0.3 is 20.1 Å². The molecule has 0 fully saturated rings. The zero-order chi connectivity index (χ0) is 19.3. The lowest BCUT2D eigenvalue weighted by Crippen LogP contribution is -2.37. The number of rotatable bonds is 9. The van der Waals surface area contributed by atoms with Crippen molar-refractivity contribution < 1.29 is 9.47 Å². The molecule has 1 aromatic heterocycles. The highest BCUT2D eigenvalue weighted by Crippen LogP contribution is 2.32. The number of nitrogens with one attached hydrogen (secondary N) is 2. The Balaban J connectivity index is 0.00000392. The second-order valence-electron chi connectivity index (χ2n) is 5.62. The average molecular weight is 494 g/mol. The fraction of sp³-hybridized carbons (Fsp3) is 0.333. The molecule has 1 heterocycles. The lowest BCUT2D eigenvalue weighted by Gasteiger charge is -2.13. The van der Waals surface area contributed by atoms with Crippen LogP contribution in [0, 0.1) is 12.3 Å². The molecule has 0 unspecified atom stereocenters. The van der Waals surface area contributed by atoms with Gasteiger partial charge in [-0.3, -0.25) is 0 Å². The molecule has 2 N–H and O–H groups in total. The van der Waals surface area contributed by atoms with Crippen LogP contribution in [0.3, 0.4) is 0 Å². The first-order chi connectivity index (χ1) is 13.3. The van der Waals surface area contributed by atoms with Gasteiger partial charge in [0.2, 0.25) is 5.88 Å². The third kappa shape index (κ3) is 7.64.